The van der Waals surface area contributed by atoms with E-state index in [1.54, 1.807) is 0 Å². The van der Waals surface area contributed by atoms with Crippen molar-refractivity contribution < 1.29 is 14.3 Å². The number of aromatic amines is 1. The number of carbonyl (C=O) groups excluding carboxylic acids is 1. The minimum Gasteiger partial charge on any atom is -0.493 e. The predicted molar refractivity (Wildman–Crippen MR) is 139 cm³/mol. The standard InChI is InChI=1S/C28H34ClN3O3/c1-3-15-34-28(33)32-14-12-23-24-16-21(29)8-11-25(24)30-26(23)27(32)20-6-9-22(10-7-20)35-18-19-5-4-13-31(2)17-19/h6-11,16,19,27,30H,3-5,12-15,17-18H2,1-2H3. The third-order valence-electron chi connectivity index (χ3n) is 7.16. The zero-order valence-electron chi connectivity index (χ0n) is 20.6. The minimum atomic E-state index is -0.277. The van der Waals surface area contributed by atoms with Crippen LogP contribution in [0, 0.1) is 5.92 Å². The zero-order valence-corrected chi connectivity index (χ0v) is 21.3. The van der Waals surface area contributed by atoms with Crippen molar-refractivity contribution in [1.29, 1.82) is 0 Å². The Morgan fingerprint density at radius 3 is 2.77 bits per heavy atom. The molecule has 0 spiro atoms. The van der Waals surface area contributed by atoms with E-state index in [0.717, 1.165) is 53.9 Å². The van der Waals surface area contributed by atoms with Crippen LogP contribution in [0.5, 0.6) is 5.75 Å². The van der Waals surface area contributed by atoms with Gasteiger partial charge in [0.25, 0.3) is 0 Å². The number of fused-ring (bicyclic) bond motifs is 3. The number of nitrogens with one attached hydrogen (secondary N) is 1. The quantitative estimate of drug-likeness (QED) is 0.453. The molecule has 0 radical (unpaired) electrons. The fourth-order valence-electron chi connectivity index (χ4n) is 5.45. The number of ether oxygens (including phenoxy) is 2. The van der Waals surface area contributed by atoms with Gasteiger partial charge in [-0.1, -0.05) is 30.7 Å². The van der Waals surface area contributed by atoms with E-state index < -0.39 is 0 Å². The Hall–Kier alpha value is -2.70. The van der Waals surface area contributed by atoms with Gasteiger partial charge in [-0.2, -0.15) is 0 Å². The van der Waals surface area contributed by atoms with Crippen LogP contribution in [0.15, 0.2) is 42.5 Å². The molecule has 1 fully saturated rings. The van der Waals surface area contributed by atoms with Gasteiger partial charge in [0.1, 0.15) is 11.8 Å². The van der Waals surface area contributed by atoms with E-state index in [4.69, 9.17) is 21.1 Å². The summed E-state index contributed by atoms with van der Waals surface area (Å²) in [5.74, 6) is 1.43. The maximum atomic E-state index is 13.0. The number of rotatable bonds is 6. The maximum absolute atomic E-state index is 13.0. The topological polar surface area (TPSA) is 57.8 Å². The Morgan fingerprint density at radius 2 is 2.00 bits per heavy atom. The Balaban J connectivity index is 1.41. The molecular weight excluding hydrogens is 462 g/mol. The Labute approximate surface area is 212 Å². The molecule has 3 heterocycles. The number of piperidine rings is 1. The summed E-state index contributed by atoms with van der Waals surface area (Å²) in [4.78, 5) is 20.8. The fourth-order valence-corrected chi connectivity index (χ4v) is 5.62. The van der Waals surface area contributed by atoms with E-state index >= 15 is 0 Å². The molecule has 2 aliphatic rings. The number of amides is 1. The monoisotopic (exact) mass is 495 g/mol. The van der Waals surface area contributed by atoms with Gasteiger partial charge in [0.2, 0.25) is 0 Å². The largest absolute Gasteiger partial charge is 0.493 e. The predicted octanol–water partition coefficient (Wildman–Crippen LogP) is 6.04. The van der Waals surface area contributed by atoms with Gasteiger partial charge in [0, 0.05) is 40.6 Å². The van der Waals surface area contributed by atoms with Crippen molar-refractivity contribution in [2.45, 2.75) is 38.6 Å². The molecule has 35 heavy (non-hydrogen) atoms. The molecule has 1 saturated heterocycles. The van der Waals surface area contributed by atoms with E-state index in [0.29, 0.717) is 24.1 Å². The number of aromatic nitrogens is 1. The second-order valence-electron chi connectivity index (χ2n) is 9.82. The molecule has 3 aromatic rings. The Bertz CT molecular complexity index is 1180. The van der Waals surface area contributed by atoms with Gasteiger partial charge >= 0.3 is 6.09 Å². The summed E-state index contributed by atoms with van der Waals surface area (Å²) in [5, 5.41) is 1.84. The average molecular weight is 496 g/mol. The molecule has 7 heteroatoms. The van der Waals surface area contributed by atoms with Crippen molar-refractivity contribution in [3.05, 3.63) is 64.3 Å². The van der Waals surface area contributed by atoms with Crippen LogP contribution in [0.3, 0.4) is 0 Å². The third kappa shape index (κ3) is 5.14. The van der Waals surface area contributed by atoms with E-state index in [1.807, 2.05) is 42.2 Å². The molecule has 1 N–H and O–H groups in total. The number of benzene rings is 2. The van der Waals surface area contributed by atoms with Crippen molar-refractivity contribution in [3.63, 3.8) is 0 Å². The summed E-state index contributed by atoms with van der Waals surface area (Å²) >= 11 is 6.30. The first kappa shape index (κ1) is 24.0. The summed E-state index contributed by atoms with van der Waals surface area (Å²) in [6.45, 7) is 6.00. The lowest BCUT2D eigenvalue weighted by atomic mass is 9.92. The van der Waals surface area contributed by atoms with Gasteiger partial charge in [0.15, 0.2) is 0 Å². The first-order chi connectivity index (χ1) is 17.0. The second-order valence-corrected chi connectivity index (χ2v) is 10.3. The number of H-pyrrole nitrogens is 1. The molecule has 2 aliphatic heterocycles. The van der Waals surface area contributed by atoms with Gasteiger partial charge in [-0.05, 0) is 80.7 Å². The lowest BCUT2D eigenvalue weighted by Crippen LogP contribution is -2.41. The second kappa shape index (κ2) is 10.5. The van der Waals surface area contributed by atoms with Crippen molar-refractivity contribution in [2.24, 2.45) is 5.92 Å². The van der Waals surface area contributed by atoms with E-state index in [1.165, 1.54) is 24.9 Å². The summed E-state index contributed by atoms with van der Waals surface area (Å²) < 4.78 is 11.7. The Morgan fingerprint density at radius 1 is 1.17 bits per heavy atom. The molecule has 6 nitrogen and oxygen atoms in total. The lowest BCUT2D eigenvalue weighted by molar-refractivity contribution is 0.0889. The van der Waals surface area contributed by atoms with Gasteiger partial charge in [-0.3, -0.25) is 4.90 Å². The van der Waals surface area contributed by atoms with Gasteiger partial charge in [-0.15, -0.1) is 0 Å². The van der Waals surface area contributed by atoms with Crippen LogP contribution >= 0.6 is 11.6 Å². The van der Waals surface area contributed by atoms with Crippen LogP contribution in [0.1, 0.15) is 49.0 Å². The van der Waals surface area contributed by atoms with E-state index in [9.17, 15) is 4.79 Å². The third-order valence-corrected chi connectivity index (χ3v) is 7.39. The van der Waals surface area contributed by atoms with Crippen LogP contribution in [0.4, 0.5) is 4.79 Å². The van der Waals surface area contributed by atoms with Crippen molar-refractivity contribution in [2.75, 3.05) is 39.9 Å². The molecule has 2 atom stereocenters. The first-order valence-corrected chi connectivity index (χ1v) is 13.1. The highest BCUT2D eigenvalue weighted by atomic mass is 35.5. The highest BCUT2D eigenvalue weighted by Gasteiger charge is 2.35. The van der Waals surface area contributed by atoms with Crippen LogP contribution in [-0.4, -0.2) is 60.8 Å². The number of nitrogens with zero attached hydrogens (tertiary/aromatic N) is 2. The van der Waals surface area contributed by atoms with Gasteiger partial charge in [0.05, 0.1) is 13.2 Å². The van der Waals surface area contributed by atoms with Crippen LogP contribution < -0.4 is 4.74 Å². The molecule has 2 aromatic carbocycles. The fraction of sp³-hybridized carbons (Fsp3) is 0.464. The highest BCUT2D eigenvalue weighted by molar-refractivity contribution is 6.31. The zero-order chi connectivity index (χ0) is 24.4. The molecule has 1 amide bonds. The molecule has 2 unspecified atom stereocenters. The molecule has 5 rings (SSSR count). The van der Waals surface area contributed by atoms with Gasteiger partial charge in [-0.25, -0.2) is 4.79 Å². The molecule has 0 aliphatic carbocycles. The van der Waals surface area contributed by atoms with Crippen LogP contribution in [-0.2, 0) is 11.2 Å². The molecule has 186 valence electrons. The van der Waals surface area contributed by atoms with Crippen LogP contribution in [0.25, 0.3) is 10.9 Å². The highest BCUT2D eigenvalue weighted by Crippen LogP contribution is 2.39. The Kier molecular flexibility index (Phi) is 7.21. The number of hydrogen-bond donors (Lipinski definition) is 1. The number of likely N-dealkylation sites (tertiary alicyclic amines) is 1. The number of halogens is 1. The number of hydrogen-bond acceptors (Lipinski definition) is 4. The van der Waals surface area contributed by atoms with E-state index in [2.05, 4.69) is 29.1 Å². The average Bonchev–Trinajstić information content (AvgIpc) is 3.23. The van der Waals surface area contributed by atoms with Crippen LogP contribution in [0.2, 0.25) is 5.02 Å². The van der Waals surface area contributed by atoms with Crippen molar-refractivity contribution >= 4 is 28.6 Å². The van der Waals surface area contributed by atoms with Gasteiger partial charge < -0.3 is 19.4 Å². The summed E-state index contributed by atoms with van der Waals surface area (Å²) in [7, 11) is 2.18. The lowest BCUT2D eigenvalue weighted by Gasteiger charge is -2.35. The van der Waals surface area contributed by atoms with Crippen molar-refractivity contribution in [1.82, 2.24) is 14.8 Å². The molecule has 0 bridgehead atoms. The van der Waals surface area contributed by atoms with Crippen molar-refractivity contribution in [3.8, 4) is 5.75 Å². The molecule has 0 saturated carbocycles. The summed E-state index contributed by atoms with van der Waals surface area (Å²) in [6.07, 6.45) is 3.72. The summed E-state index contributed by atoms with van der Waals surface area (Å²) in [5.41, 5.74) is 4.31. The minimum absolute atomic E-state index is 0.254. The normalized spacial score (nSPS) is 20.6. The van der Waals surface area contributed by atoms with E-state index in [-0.39, 0.29) is 12.1 Å². The molecule has 1 aromatic heterocycles. The maximum Gasteiger partial charge on any atom is 0.410 e. The smallest absolute Gasteiger partial charge is 0.410 e. The SMILES string of the molecule is CCCOC(=O)N1CCc2c([nH]c3ccc(Cl)cc23)C1c1ccc(OCC2CCCN(C)C2)cc1. The molecular formula is C28H34ClN3O3. The summed E-state index contributed by atoms with van der Waals surface area (Å²) in [6, 6.07) is 13.8. The first-order valence-electron chi connectivity index (χ1n) is 12.7. The number of carbonyl (C=O) groups is 1.